The summed E-state index contributed by atoms with van der Waals surface area (Å²) in [6.07, 6.45) is 4.07. The first-order valence-corrected chi connectivity index (χ1v) is 11.0. The molecule has 3 N–H and O–H groups in total. The van der Waals surface area contributed by atoms with Gasteiger partial charge < -0.3 is 20.5 Å². The summed E-state index contributed by atoms with van der Waals surface area (Å²) in [5.74, 6) is 1.71. The van der Waals surface area contributed by atoms with E-state index in [1.807, 2.05) is 6.92 Å². The van der Waals surface area contributed by atoms with Gasteiger partial charge in [-0.05, 0) is 85.7 Å². The summed E-state index contributed by atoms with van der Waals surface area (Å²) < 4.78 is 22.4. The van der Waals surface area contributed by atoms with Crippen molar-refractivity contribution in [2.75, 3.05) is 23.7 Å². The average Bonchev–Trinajstić information content (AvgIpc) is 2.77. The summed E-state index contributed by atoms with van der Waals surface area (Å²) in [6.45, 7) is 4.05. The van der Waals surface area contributed by atoms with Gasteiger partial charge in [0.2, 0.25) is 5.95 Å². The van der Waals surface area contributed by atoms with Crippen LogP contribution in [0.25, 0.3) is 0 Å². The van der Waals surface area contributed by atoms with Crippen molar-refractivity contribution in [3.63, 3.8) is 0 Å². The number of anilines is 4. The van der Waals surface area contributed by atoms with E-state index in [1.165, 1.54) is 18.4 Å². The molecule has 1 aromatic heterocycles. The topological polar surface area (TPSA) is 102 Å². The highest BCUT2D eigenvalue weighted by Gasteiger charge is 2.15. The molecule has 7 nitrogen and oxygen atoms in total. The maximum absolute atomic E-state index is 11.2. The highest BCUT2D eigenvalue weighted by atomic mass is 32.2. The minimum atomic E-state index is -2.28. The third kappa shape index (κ3) is 5.02. The van der Waals surface area contributed by atoms with Crippen molar-refractivity contribution >= 4 is 34.2 Å². The fourth-order valence-corrected chi connectivity index (χ4v) is 3.98. The zero-order valence-corrected chi connectivity index (χ0v) is 17.5. The lowest BCUT2D eigenvalue weighted by atomic mass is 9.90. The Morgan fingerprint density at radius 3 is 2.57 bits per heavy atom. The fraction of sp³-hybridized carbons (Fsp3) is 0.273. The van der Waals surface area contributed by atoms with Gasteiger partial charge in [0.25, 0.3) is 0 Å². The van der Waals surface area contributed by atoms with Gasteiger partial charge in [0.15, 0.2) is 0 Å². The molecule has 4 rings (SSSR count). The number of nitrogens with zero attached hydrogens (tertiary/aromatic N) is 2. The third-order valence-corrected chi connectivity index (χ3v) is 5.88. The first-order chi connectivity index (χ1) is 14.6. The molecule has 0 radical (unpaired) electrons. The molecule has 0 bridgehead atoms. The van der Waals surface area contributed by atoms with Crippen LogP contribution in [0.5, 0.6) is 0 Å². The van der Waals surface area contributed by atoms with E-state index in [0.717, 1.165) is 24.3 Å². The molecular weight excluding hydrogens is 398 g/mol. The van der Waals surface area contributed by atoms with Crippen LogP contribution >= 0.6 is 0 Å². The number of rotatable bonds is 6. The number of nitrogens with one attached hydrogen (secondary N) is 3. The smallest absolute Gasteiger partial charge is 0.229 e. The summed E-state index contributed by atoms with van der Waals surface area (Å²) in [7, 11) is 0. The van der Waals surface area contributed by atoms with Gasteiger partial charge in [-0.15, -0.1) is 0 Å². The minimum Gasteiger partial charge on any atom is -0.768 e. The van der Waals surface area contributed by atoms with Crippen LogP contribution in [0.4, 0.5) is 23.1 Å². The quantitative estimate of drug-likeness (QED) is 0.517. The van der Waals surface area contributed by atoms with Crippen LogP contribution in [-0.2, 0) is 11.1 Å². The molecule has 1 aliphatic rings. The lowest BCUT2D eigenvalue weighted by Crippen LogP contribution is -2.26. The molecule has 156 valence electrons. The molecule has 0 spiro atoms. The maximum Gasteiger partial charge on any atom is 0.229 e. The summed E-state index contributed by atoms with van der Waals surface area (Å²) in [4.78, 5) is 9.14. The Morgan fingerprint density at radius 1 is 1.07 bits per heavy atom. The largest absolute Gasteiger partial charge is 0.768 e. The molecule has 0 aliphatic carbocycles. The Kier molecular flexibility index (Phi) is 6.37. The molecule has 1 unspecified atom stereocenters. The van der Waals surface area contributed by atoms with Gasteiger partial charge in [-0.2, -0.15) is 4.98 Å². The van der Waals surface area contributed by atoms with E-state index < -0.39 is 11.1 Å². The Morgan fingerprint density at radius 2 is 1.83 bits per heavy atom. The van der Waals surface area contributed by atoms with E-state index in [4.69, 9.17) is 0 Å². The van der Waals surface area contributed by atoms with Gasteiger partial charge in [0.05, 0.1) is 0 Å². The van der Waals surface area contributed by atoms with Crippen molar-refractivity contribution in [3.8, 4) is 0 Å². The van der Waals surface area contributed by atoms with E-state index in [9.17, 15) is 8.76 Å². The Hall–Kier alpha value is -2.81. The maximum atomic E-state index is 11.2. The zero-order chi connectivity index (χ0) is 20.9. The van der Waals surface area contributed by atoms with Crippen LogP contribution in [0.3, 0.4) is 0 Å². The molecule has 0 amide bonds. The van der Waals surface area contributed by atoms with Crippen LogP contribution in [-0.4, -0.2) is 31.8 Å². The van der Waals surface area contributed by atoms with Gasteiger partial charge in [-0.25, -0.2) is 4.98 Å². The molecule has 1 aliphatic heterocycles. The van der Waals surface area contributed by atoms with E-state index in [-0.39, 0.29) is 4.90 Å². The van der Waals surface area contributed by atoms with Crippen LogP contribution in [0.2, 0.25) is 0 Å². The predicted octanol–water partition coefficient (Wildman–Crippen LogP) is 3.98. The summed E-state index contributed by atoms with van der Waals surface area (Å²) in [5.41, 5.74) is 3.79. The summed E-state index contributed by atoms with van der Waals surface area (Å²) in [5, 5.41) is 9.82. The molecule has 1 atom stereocenters. The van der Waals surface area contributed by atoms with Gasteiger partial charge in [-0.1, -0.05) is 18.2 Å². The van der Waals surface area contributed by atoms with Crippen molar-refractivity contribution in [2.45, 2.75) is 30.6 Å². The molecule has 2 aromatic carbocycles. The molecule has 2 heterocycles. The van der Waals surface area contributed by atoms with Crippen molar-refractivity contribution in [1.82, 2.24) is 15.3 Å². The Balaban J connectivity index is 1.47. The average molecular weight is 423 g/mol. The number of aromatic nitrogens is 2. The third-order valence-electron chi connectivity index (χ3n) is 5.24. The minimum absolute atomic E-state index is 0.221. The number of piperidine rings is 1. The van der Waals surface area contributed by atoms with Crippen LogP contribution in [0, 0.1) is 6.92 Å². The monoisotopic (exact) mass is 422 g/mol. The SMILES string of the molecule is Cc1cnc(Nc2ccc(C3CCNCC3)cc2)nc1Nc1cccc(S(=O)[O-])c1. The van der Waals surface area contributed by atoms with Crippen molar-refractivity contribution < 1.29 is 8.76 Å². The molecule has 3 aromatic rings. The summed E-state index contributed by atoms with van der Waals surface area (Å²) in [6, 6.07) is 15.0. The van der Waals surface area contributed by atoms with E-state index in [1.54, 1.807) is 30.5 Å². The standard InChI is InChI=1S/C22H25N5O2S/c1-15-14-24-22(27-21(15)25-19-3-2-4-20(13-19)30(28)29)26-18-7-5-16(6-8-18)17-9-11-23-12-10-17/h2-8,13-14,17,23H,9-12H2,1H3,(H,28,29)(H2,24,25,26,27)/p-1. The highest BCUT2D eigenvalue weighted by molar-refractivity contribution is 7.79. The first-order valence-electron chi connectivity index (χ1n) is 9.96. The fourth-order valence-electron chi connectivity index (χ4n) is 3.57. The predicted molar refractivity (Wildman–Crippen MR) is 118 cm³/mol. The second-order valence-electron chi connectivity index (χ2n) is 7.38. The normalized spacial score (nSPS) is 15.5. The second-order valence-corrected chi connectivity index (χ2v) is 8.32. The van der Waals surface area contributed by atoms with Gasteiger partial charge in [0.1, 0.15) is 5.82 Å². The molecule has 30 heavy (non-hydrogen) atoms. The van der Waals surface area contributed by atoms with Gasteiger partial charge >= 0.3 is 0 Å². The van der Waals surface area contributed by atoms with Crippen molar-refractivity contribution in [1.29, 1.82) is 0 Å². The van der Waals surface area contributed by atoms with Crippen LogP contribution in [0.1, 0.15) is 29.9 Å². The van der Waals surface area contributed by atoms with Gasteiger partial charge in [-0.3, -0.25) is 4.21 Å². The lowest BCUT2D eigenvalue weighted by Gasteiger charge is -2.23. The first kappa shape index (κ1) is 20.5. The Labute approximate surface area is 178 Å². The summed E-state index contributed by atoms with van der Waals surface area (Å²) >= 11 is -2.28. The number of hydrogen-bond acceptors (Lipinski definition) is 7. The molecule has 0 saturated carbocycles. The molecule has 8 heteroatoms. The second kappa shape index (κ2) is 9.34. The van der Waals surface area contributed by atoms with E-state index in [2.05, 4.69) is 50.2 Å². The van der Waals surface area contributed by atoms with Crippen molar-refractivity contribution in [3.05, 3.63) is 65.9 Å². The highest BCUT2D eigenvalue weighted by Crippen LogP contribution is 2.27. The van der Waals surface area contributed by atoms with Gasteiger partial charge in [0, 0.05) is 28.0 Å². The van der Waals surface area contributed by atoms with Crippen LogP contribution in [0.15, 0.2) is 59.6 Å². The van der Waals surface area contributed by atoms with Crippen molar-refractivity contribution in [2.24, 2.45) is 0 Å². The molecular formula is C22H24N5O2S-. The molecule has 1 saturated heterocycles. The zero-order valence-electron chi connectivity index (χ0n) is 16.7. The number of aryl methyl sites for hydroxylation is 1. The van der Waals surface area contributed by atoms with Crippen LogP contribution < -0.4 is 16.0 Å². The van der Waals surface area contributed by atoms with E-state index in [0.29, 0.717) is 23.4 Å². The Bertz CT molecular complexity index is 1040. The molecule has 1 fully saturated rings. The lowest BCUT2D eigenvalue weighted by molar-refractivity contribution is 0.460. The number of benzene rings is 2. The van der Waals surface area contributed by atoms with E-state index >= 15 is 0 Å². The number of hydrogen-bond donors (Lipinski definition) is 3.